The zero-order chi connectivity index (χ0) is 15.5. The minimum absolute atomic E-state index is 0.0175. The highest BCUT2D eigenvalue weighted by Gasteiger charge is 2.19. The Labute approximate surface area is 137 Å². The number of rotatable bonds is 5. The highest BCUT2D eigenvalue weighted by atomic mass is 32.1. The van der Waals surface area contributed by atoms with E-state index in [-0.39, 0.29) is 11.9 Å². The van der Waals surface area contributed by atoms with Crippen molar-refractivity contribution in [3.63, 3.8) is 0 Å². The average molecular weight is 331 g/mol. The van der Waals surface area contributed by atoms with E-state index in [1.807, 2.05) is 36.0 Å². The molecule has 4 nitrogen and oxygen atoms in total. The van der Waals surface area contributed by atoms with E-state index < -0.39 is 0 Å². The summed E-state index contributed by atoms with van der Waals surface area (Å²) in [4.78, 5) is 12.9. The van der Waals surface area contributed by atoms with Crippen LogP contribution in [0.4, 0.5) is 0 Å². The molecule has 0 saturated carbocycles. The summed E-state index contributed by atoms with van der Waals surface area (Å²) in [6, 6.07) is 7.88. The fraction of sp³-hybridized carbons (Fsp3) is 0.250. The number of nitrogens with one attached hydrogen (secondary N) is 1. The zero-order valence-electron chi connectivity index (χ0n) is 12.4. The van der Waals surface area contributed by atoms with E-state index >= 15 is 0 Å². The van der Waals surface area contributed by atoms with Gasteiger partial charge in [0.15, 0.2) is 0 Å². The molecule has 0 radical (unpaired) electrons. The van der Waals surface area contributed by atoms with Crippen molar-refractivity contribution in [1.82, 2.24) is 15.1 Å². The van der Waals surface area contributed by atoms with Crippen LogP contribution in [0.2, 0.25) is 0 Å². The SMILES string of the molecule is Cc1cc(C)n(C(CNC(=O)c2cccs2)c2ccsc2)n1. The lowest BCUT2D eigenvalue weighted by molar-refractivity contribution is 0.0953. The van der Waals surface area contributed by atoms with E-state index in [0.29, 0.717) is 6.54 Å². The van der Waals surface area contributed by atoms with Crippen LogP contribution in [0, 0.1) is 13.8 Å². The van der Waals surface area contributed by atoms with Crippen LogP contribution in [0.25, 0.3) is 0 Å². The van der Waals surface area contributed by atoms with Crippen LogP contribution in [-0.2, 0) is 0 Å². The maximum atomic E-state index is 12.2. The maximum Gasteiger partial charge on any atom is 0.261 e. The van der Waals surface area contributed by atoms with Gasteiger partial charge in [-0.25, -0.2) is 0 Å². The number of aryl methyl sites for hydroxylation is 2. The smallest absolute Gasteiger partial charge is 0.261 e. The molecular formula is C16H17N3OS2. The third kappa shape index (κ3) is 3.13. The predicted octanol–water partition coefficient (Wildman–Crippen LogP) is 3.64. The van der Waals surface area contributed by atoms with E-state index in [9.17, 15) is 4.79 Å². The molecule has 3 aromatic rings. The standard InChI is InChI=1S/C16H17N3OS2/c1-11-8-12(2)19(18-11)14(13-5-7-21-10-13)9-17-16(20)15-4-3-6-22-15/h3-8,10,14H,9H2,1-2H3,(H,17,20). The summed E-state index contributed by atoms with van der Waals surface area (Å²) in [7, 11) is 0. The lowest BCUT2D eigenvalue weighted by Crippen LogP contribution is -2.31. The summed E-state index contributed by atoms with van der Waals surface area (Å²) >= 11 is 3.11. The van der Waals surface area contributed by atoms with Crippen molar-refractivity contribution in [1.29, 1.82) is 0 Å². The van der Waals surface area contributed by atoms with Gasteiger partial charge in [-0.05, 0) is 53.8 Å². The number of hydrogen-bond acceptors (Lipinski definition) is 4. The number of amides is 1. The molecule has 0 aliphatic carbocycles. The number of carbonyl (C=O) groups is 1. The molecule has 1 amide bonds. The second-order valence-electron chi connectivity index (χ2n) is 5.13. The first-order valence-corrected chi connectivity index (χ1v) is 8.84. The molecule has 114 valence electrons. The average Bonchev–Trinajstić information content (AvgIpc) is 3.22. The molecule has 0 fully saturated rings. The summed E-state index contributed by atoms with van der Waals surface area (Å²) in [5, 5.41) is 13.7. The Hall–Kier alpha value is -1.92. The zero-order valence-corrected chi connectivity index (χ0v) is 14.1. The first kappa shape index (κ1) is 15.0. The van der Waals surface area contributed by atoms with Crippen molar-refractivity contribution in [3.05, 3.63) is 62.2 Å². The molecule has 1 atom stereocenters. The quantitative estimate of drug-likeness (QED) is 0.776. The summed E-state index contributed by atoms with van der Waals surface area (Å²) in [6.07, 6.45) is 0. The van der Waals surface area contributed by atoms with Gasteiger partial charge in [0.1, 0.15) is 0 Å². The normalized spacial score (nSPS) is 12.3. The maximum absolute atomic E-state index is 12.2. The van der Waals surface area contributed by atoms with Crippen LogP contribution < -0.4 is 5.32 Å². The van der Waals surface area contributed by atoms with Crippen LogP contribution >= 0.6 is 22.7 Å². The summed E-state index contributed by atoms with van der Waals surface area (Å²) in [5.74, 6) is -0.0308. The van der Waals surface area contributed by atoms with Crippen molar-refractivity contribution in [3.8, 4) is 0 Å². The monoisotopic (exact) mass is 331 g/mol. The fourth-order valence-corrected chi connectivity index (χ4v) is 3.80. The van der Waals surface area contributed by atoms with Gasteiger partial charge < -0.3 is 5.32 Å². The van der Waals surface area contributed by atoms with Crippen LogP contribution in [0.3, 0.4) is 0 Å². The molecule has 1 unspecified atom stereocenters. The highest BCUT2D eigenvalue weighted by molar-refractivity contribution is 7.12. The summed E-state index contributed by atoms with van der Waals surface area (Å²) in [6.45, 7) is 4.55. The Bertz CT molecular complexity index is 745. The highest BCUT2D eigenvalue weighted by Crippen LogP contribution is 2.22. The Morgan fingerprint density at radius 3 is 2.82 bits per heavy atom. The van der Waals surface area contributed by atoms with E-state index in [1.165, 1.54) is 16.9 Å². The Balaban J connectivity index is 1.81. The molecule has 0 aliphatic heterocycles. The first-order valence-electron chi connectivity index (χ1n) is 7.01. The molecule has 6 heteroatoms. The summed E-state index contributed by atoms with van der Waals surface area (Å²) < 4.78 is 1.99. The van der Waals surface area contributed by atoms with Gasteiger partial charge >= 0.3 is 0 Å². The second-order valence-corrected chi connectivity index (χ2v) is 6.86. The second kappa shape index (κ2) is 6.46. The van der Waals surface area contributed by atoms with E-state index in [0.717, 1.165) is 16.3 Å². The molecule has 3 aromatic heterocycles. The minimum atomic E-state index is -0.0308. The van der Waals surface area contributed by atoms with Gasteiger partial charge in [-0.2, -0.15) is 16.4 Å². The first-order chi connectivity index (χ1) is 10.6. The van der Waals surface area contributed by atoms with Crippen molar-refractivity contribution < 1.29 is 4.79 Å². The lowest BCUT2D eigenvalue weighted by Gasteiger charge is -2.19. The number of carbonyl (C=O) groups excluding carboxylic acids is 1. The van der Waals surface area contributed by atoms with Gasteiger partial charge in [0.25, 0.3) is 5.91 Å². The number of thiophene rings is 2. The number of hydrogen-bond donors (Lipinski definition) is 1. The lowest BCUT2D eigenvalue weighted by atomic mass is 10.1. The van der Waals surface area contributed by atoms with Crippen molar-refractivity contribution >= 4 is 28.6 Å². The topological polar surface area (TPSA) is 46.9 Å². The Morgan fingerprint density at radius 1 is 1.36 bits per heavy atom. The van der Waals surface area contributed by atoms with Crippen LogP contribution in [0.5, 0.6) is 0 Å². The Morgan fingerprint density at radius 2 is 2.23 bits per heavy atom. The molecule has 0 saturated heterocycles. The molecule has 22 heavy (non-hydrogen) atoms. The van der Waals surface area contributed by atoms with E-state index in [4.69, 9.17) is 0 Å². The number of aromatic nitrogens is 2. The van der Waals surface area contributed by atoms with Gasteiger partial charge in [-0.1, -0.05) is 6.07 Å². The molecule has 1 N–H and O–H groups in total. The van der Waals surface area contributed by atoms with Crippen LogP contribution in [0.1, 0.15) is 32.7 Å². The Kier molecular flexibility index (Phi) is 4.40. The molecule has 0 aromatic carbocycles. The van der Waals surface area contributed by atoms with Gasteiger partial charge in [0, 0.05) is 12.2 Å². The van der Waals surface area contributed by atoms with Crippen molar-refractivity contribution in [2.24, 2.45) is 0 Å². The molecule has 0 aliphatic rings. The van der Waals surface area contributed by atoms with E-state index in [1.54, 1.807) is 11.3 Å². The van der Waals surface area contributed by atoms with Gasteiger partial charge in [0.2, 0.25) is 0 Å². The summed E-state index contributed by atoms with van der Waals surface area (Å²) in [5.41, 5.74) is 3.25. The van der Waals surface area contributed by atoms with Gasteiger partial charge in [-0.15, -0.1) is 11.3 Å². The van der Waals surface area contributed by atoms with Gasteiger partial charge in [0.05, 0.1) is 16.6 Å². The third-order valence-electron chi connectivity index (χ3n) is 3.47. The molecule has 0 bridgehead atoms. The predicted molar refractivity (Wildman–Crippen MR) is 90.8 cm³/mol. The van der Waals surface area contributed by atoms with Crippen molar-refractivity contribution in [2.45, 2.75) is 19.9 Å². The third-order valence-corrected chi connectivity index (χ3v) is 5.04. The number of nitrogens with zero attached hydrogens (tertiary/aromatic N) is 2. The largest absolute Gasteiger partial charge is 0.349 e. The fourth-order valence-electron chi connectivity index (χ4n) is 2.46. The van der Waals surface area contributed by atoms with E-state index in [2.05, 4.69) is 33.3 Å². The van der Waals surface area contributed by atoms with Crippen LogP contribution in [0.15, 0.2) is 40.4 Å². The van der Waals surface area contributed by atoms with Gasteiger partial charge in [-0.3, -0.25) is 9.48 Å². The molecule has 0 spiro atoms. The molecular weight excluding hydrogens is 314 g/mol. The van der Waals surface area contributed by atoms with Crippen molar-refractivity contribution in [2.75, 3.05) is 6.54 Å². The molecule has 3 rings (SSSR count). The van der Waals surface area contributed by atoms with Crippen LogP contribution in [-0.4, -0.2) is 22.2 Å². The minimum Gasteiger partial charge on any atom is -0.349 e. The molecule has 3 heterocycles.